The maximum atomic E-state index is 10.3. The van der Waals surface area contributed by atoms with Gasteiger partial charge >= 0.3 is 5.56 Å². The molecule has 5 heteroatoms. The fourth-order valence-corrected chi connectivity index (χ4v) is 0.413. The third kappa shape index (κ3) is 0.987. The van der Waals surface area contributed by atoms with Crippen LogP contribution in [0.2, 0.25) is 0 Å². The first-order chi connectivity index (χ1) is 4.20. The lowest BCUT2D eigenvalue weighted by atomic mass is 10.7. The molecule has 0 aliphatic carbocycles. The predicted molar refractivity (Wildman–Crippen MR) is 26.8 cm³/mol. The van der Waals surface area contributed by atoms with E-state index in [9.17, 15) is 10.0 Å². The zero-order valence-electron chi connectivity index (χ0n) is 4.39. The van der Waals surface area contributed by atoms with Gasteiger partial charge in [0.1, 0.15) is 6.20 Å². The minimum atomic E-state index is -0.743. The van der Waals surface area contributed by atoms with E-state index in [1.807, 2.05) is 0 Å². The van der Waals surface area contributed by atoms with Gasteiger partial charge in [-0.05, 0) is 0 Å². The summed E-state index contributed by atoms with van der Waals surface area (Å²) in [6.45, 7) is 0. The topological polar surface area (TPSA) is 69.2 Å². The smallest absolute Gasteiger partial charge is 0.348 e. The third-order valence-electron chi connectivity index (χ3n) is 0.818. The first-order valence-corrected chi connectivity index (χ1v) is 2.21. The Morgan fingerprint density at radius 3 is 2.89 bits per heavy atom. The molecule has 1 aromatic heterocycles. The number of nitrogens with zero attached hydrogens (tertiary/aromatic N) is 2. The van der Waals surface area contributed by atoms with Crippen LogP contribution in [0.1, 0.15) is 0 Å². The summed E-state index contributed by atoms with van der Waals surface area (Å²) in [6, 6.07) is 0. The monoisotopic (exact) mass is 128 g/mol. The van der Waals surface area contributed by atoms with Gasteiger partial charge in [-0.3, -0.25) is 4.79 Å². The van der Waals surface area contributed by atoms with Crippen LogP contribution in [0, 0.1) is 5.21 Å². The zero-order chi connectivity index (χ0) is 6.85. The van der Waals surface area contributed by atoms with Gasteiger partial charge in [0.05, 0.1) is 0 Å². The SMILES string of the molecule is O=c1c[n+]([O-])ccn1O. The van der Waals surface area contributed by atoms with E-state index in [0.717, 1.165) is 18.6 Å². The molecule has 0 aromatic carbocycles. The van der Waals surface area contributed by atoms with Gasteiger partial charge in [-0.15, -0.1) is 4.73 Å². The molecule has 1 heterocycles. The average molecular weight is 128 g/mol. The van der Waals surface area contributed by atoms with Crippen LogP contribution in [0.25, 0.3) is 0 Å². The molecule has 1 rings (SSSR count). The molecule has 0 fully saturated rings. The molecule has 5 nitrogen and oxygen atoms in total. The van der Waals surface area contributed by atoms with E-state index in [4.69, 9.17) is 5.21 Å². The molecule has 0 aliphatic heterocycles. The van der Waals surface area contributed by atoms with Gasteiger partial charge in [0.15, 0.2) is 6.20 Å². The van der Waals surface area contributed by atoms with Crippen molar-refractivity contribution in [3.8, 4) is 0 Å². The molecular formula is C4H4N2O3. The third-order valence-corrected chi connectivity index (χ3v) is 0.818. The summed E-state index contributed by atoms with van der Waals surface area (Å²) in [5, 5.41) is 18.7. The standard InChI is InChI=1S/C4H4N2O3/c7-4-3-5(8)1-2-6(4)9/h1-3,9H. The second kappa shape index (κ2) is 1.77. The number of rotatable bonds is 0. The molecule has 9 heavy (non-hydrogen) atoms. The summed E-state index contributed by atoms with van der Waals surface area (Å²) in [5.41, 5.74) is -0.743. The summed E-state index contributed by atoms with van der Waals surface area (Å²) >= 11 is 0. The number of aromatic nitrogens is 2. The van der Waals surface area contributed by atoms with Crippen LogP contribution < -0.4 is 10.3 Å². The second-order valence-corrected chi connectivity index (χ2v) is 1.47. The predicted octanol–water partition coefficient (Wildman–Crippen LogP) is -1.28. The quantitative estimate of drug-likeness (QED) is 0.269. The largest absolute Gasteiger partial charge is 0.619 e. The van der Waals surface area contributed by atoms with Gasteiger partial charge in [0, 0.05) is 0 Å². The molecule has 0 radical (unpaired) electrons. The van der Waals surface area contributed by atoms with Crippen LogP contribution in [-0.4, -0.2) is 9.94 Å². The molecule has 0 amide bonds. The van der Waals surface area contributed by atoms with Crippen molar-refractivity contribution in [1.29, 1.82) is 0 Å². The fourth-order valence-electron chi connectivity index (χ4n) is 0.413. The summed E-state index contributed by atoms with van der Waals surface area (Å²) in [4.78, 5) is 10.3. The molecule has 1 aromatic rings. The second-order valence-electron chi connectivity index (χ2n) is 1.47. The maximum Gasteiger partial charge on any atom is 0.348 e. The van der Waals surface area contributed by atoms with Crippen LogP contribution in [0.4, 0.5) is 0 Å². The van der Waals surface area contributed by atoms with Crippen molar-refractivity contribution < 1.29 is 9.94 Å². The van der Waals surface area contributed by atoms with Crippen LogP contribution in [0.15, 0.2) is 23.4 Å². The van der Waals surface area contributed by atoms with Gasteiger partial charge in [0.2, 0.25) is 6.20 Å². The first kappa shape index (κ1) is 5.61. The Balaban J connectivity index is 3.34. The Bertz CT molecular complexity index is 267. The zero-order valence-corrected chi connectivity index (χ0v) is 4.39. The van der Waals surface area contributed by atoms with E-state index in [0.29, 0.717) is 9.46 Å². The summed E-state index contributed by atoms with van der Waals surface area (Å²) in [7, 11) is 0. The van der Waals surface area contributed by atoms with E-state index in [1.54, 1.807) is 0 Å². The van der Waals surface area contributed by atoms with Crippen molar-refractivity contribution in [1.82, 2.24) is 4.73 Å². The molecule has 1 N–H and O–H groups in total. The fraction of sp³-hybridized carbons (Fsp3) is 0. The highest BCUT2D eigenvalue weighted by Gasteiger charge is 1.93. The lowest BCUT2D eigenvalue weighted by Gasteiger charge is -1.93. The molecule has 0 aliphatic rings. The summed E-state index contributed by atoms with van der Waals surface area (Å²) < 4.78 is 0.642. The Morgan fingerprint density at radius 2 is 2.44 bits per heavy atom. The van der Waals surface area contributed by atoms with Crippen molar-refractivity contribution in [2.75, 3.05) is 0 Å². The van der Waals surface area contributed by atoms with Gasteiger partial charge in [0.25, 0.3) is 0 Å². The van der Waals surface area contributed by atoms with E-state index in [1.165, 1.54) is 0 Å². The summed E-state index contributed by atoms with van der Waals surface area (Å²) in [6.07, 6.45) is 2.71. The first-order valence-electron chi connectivity index (χ1n) is 2.21. The van der Waals surface area contributed by atoms with Crippen molar-refractivity contribution in [2.24, 2.45) is 0 Å². The van der Waals surface area contributed by atoms with Gasteiger partial charge in [-0.25, -0.2) is 0 Å². The molecule has 0 unspecified atom stereocenters. The van der Waals surface area contributed by atoms with E-state index < -0.39 is 5.56 Å². The Morgan fingerprint density at radius 1 is 1.78 bits per heavy atom. The number of hydrogen-bond acceptors (Lipinski definition) is 3. The lowest BCUT2D eigenvalue weighted by molar-refractivity contribution is -0.607. The van der Waals surface area contributed by atoms with Crippen molar-refractivity contribution in [2.45, 2.75) is 0 Å². The minimum Gasteiger partial charge on any atom is -0.619 e. The molecule has 0 spiro atoms. The van der Waals surface area contributed by atoms with Crippen LogP contribution in [-0.2, 0) is 0 Å². The van der Waals surface area contributed by atoms with Crippen LogP contribution >= 0.6 is 0 Å². The highest BCUT2D eigenvalue weighted by Crippen LogP contribution is 1.64. The average Bonchev–Trinajstić information content (AvgIpc) is 1.80. The van der Waals surface area contributed by atoms with Crippen LogP contribution in [0.3, 0.4) is 0 Å². The normalized spacial score (nSPS) is 9.33. The molecular weight excluding hydrogens is 124 g/mol. The summed E-state index contributed by atoms with van der Waals surface area (Å²) in [5.74, 6) is 0. The van der Waals surface area contributed by atoms with Gasteiger partial charge in [-0.1, -0.05) is 0 Å². The van der Waals surface area contributed by atoms with E-state index >= 15 is 0 Å². The maximum absolute atomic E-state index is 10.3. The lowest BCUT2D eigenvalue weighted by Crippen LogP contribution is -2.33. The van der Waals surface area contributed by atoms with E-state index in [-0.39, 0.29) is 0 Å². The molecule has 0 saturated heterocycles. The molecule has 0 bridgehead atoms. The Hall–Kier alpha value is -1.52. The van der Waals surface area contributed by atoms with Gasteiger partial charge < -0.3 is 10.4 Å². The Kier molecular flexibility index (Phi) is 1.11. The van der Waals surface area contributed by atoms with Gasteiger partial charge in [-0.2, -0.15) is 4.73 Å². The van der Waals surface area contributed by atoms with Crippen molar-refractivity contribution >= 4 is 0 Å². The van der Waals surface area contributed by atoms with E-state index in [2.05, 4.69) is 0 Å². The van der Waals surface area contributed by atoms with Crippen molar-refractivity contribution in [3.05, 3.63) is 34.2 Å². The molecule has 48 valence electrons. The highest BCUT2D eigenvalue weighted by atomic mass is 16.5. The Labute approximate surface area is 49.9 Å². The van der Waals surface area contributed by atoms with Crippen molar-refractivity contribution in [3.63, 3.8) is 0 Å². The minimum absolute atomic E-state index is 0.315. The molecule has 0 saturated carbocycles. The number of hydrogen-bond donors (Lipinski definition) is 1. The van der Waals surface area contributed by atoms with Crippen LogP contribution in [0.5, 0.6) is 0 Å². The highest BCUT2D eigenvalue weighted by molar-refractivity contribution is 4.69. The molecule has 0 atom stereocenters.